The predicted molar refractivity (Wildman–Crippen MR) is 73.2 cm³/mol. The van der Waals surface area contributed by atoms with Gasteiger partial charge in [-0.25, -0.2) is 0 Å². The van der Waals surface area contributed by atoms with Crippen molar-refractivity contribution in [1.82, 2.24) is 9.78 Å². The Kier molecular flexibility index (Phi) is 3.68. The number of nitrogens with zero attached hydrogens (tertiary/aromatic N) is 2. The van der Waals surface area contributed by atoms with E-state index in [0.717, 1.165) is 11.3 Å². The molecular weight excluding hydrogens is 273 g/mol. The van der Waals surface area contributed by atoms with Gasteiger partial charge in [-0.05, 0) is 19.1 Å². The lowest BCUT2D eigenvalue weighted by molar-refractivity contribution is 0.306. The van der Waals surface area contributed by atoms with E-state index in [4.69, 9.17) is 33.7 Å². The molecule has 0 saturated heterocycles. The van der Waals surface area contributed by atoms with Gasteiger partial charge in [0.25, 0.3) is 0 Å². The van der Waals surface area contributed by atoms with Crippen LogP contribution in [0.15, 0.2) is 18.2 Å². The lowest BCUT2D eigenvalue weighted by Crippen LogP contribution is -1.98. The molecule has 1 heterocycles. The van der Waals surface area contributed by atoms with E-state index in [1.54, 1.807) is 29.9 Å². The first-order valence-corrected chi connectivity index (χ1v) is 6.10. The second kappa shape index (κ2) is 5.08. The molecule has 2 N–H and O–H groups in total. The number of aromatic nitrogens is 2. The van der Waals surface area contributed by atoms with E-state index in [1.165, 1.54) is 0 Å². The second-order valence-electron chi connectivity index (χ2n) is 3.96. The molecule has 1 aromatic heterocycles. The summed E-state index contributed by atoms with van der Waals surface area (Å²) in [5, 5.41) is 5.29. The van der Waals surface area contributed by atoms with Gasteiger partial charge < -0.3 is 10.5 Å². The lowest BCUT2D eigenvalue weighted by Gasteiger charge is -2.08. The lowest BCUT2D eigenvalue weighted by atomic mass is 10.3. The fraction of sp³-hybridized carbons (Fsp3) is 0.250. The first kappa shape index (κ1) is 13.1. The largest absolute Gasteiger partial charge is 0.487 e. The van der Waals surface area contributed by atoms with Crippen molar-refractivity contribution in [1.29, 1.82) is 0 Å². The van der Waals surface area contributed by atoms with Crippen LogP contribution in [-0.4, -0.2) is 9.78 Å². The summed E-state index contributed by atoms with van der Waals surface area (Å²) in [5.41, 5.74) is 7.96. The van der Waals surface area contributed by atoms with Crippen LogP contribution in [0.5, 0.6) is 5.75 Å². The summed E-state index contributed by atoms with van der Waals surface area (Å²) in [5.74, 6) is 0.538. The molecule has 0 fully saturated rings. The fourth-order valence-electron chi connectivity index (χ4n) is 1.62. The van der Waals surface area contributed by atoms with Crippen molar-refractivity contribution in [3.05, 3.63) is 39.6 Å². The average Bonchev–Trinajstić information content (AvgIpc) is 2.55. The Morgan fingerprint density at radius 1 is 1.39 bits per heavy atom. The normalized spacial score (nSPS) is 10.7. The standard InChI is InChI=1S/C12H13Cl2N3O/c1-7-9(12(14)17(2)16-7)6-18-11-5-8(15)3-4-10(11)13/h3-5H,6,15H2,1-2H3. The van der Waals surface area contributed by atoms with Crippen molar-refractivity contribution in [3.8, 4) is 5.75 Å². The van der Waals surface area contributed by atoms with Crippen LogP contribution in [0.1, 0.15) is 11.3 Å². The monoisotopic (exact) mass is 285 g/mol. The Morgan fingerprint density at radius 2 is 2.11 bits per heavy atom. The van der Waals surface area contributed by atoms with Gasteiger partial charge in [0, 0.05) is 24.4 Å². The van der Waals surface area contributed by atoms with E-state index in [9.17, 15) is 0 Å². The summed E-state index contributed by atoms with van der Waals surface area (Å²) in [6.07, 6.45) is 0. The molecule has 6 heteroatoms. The van der Waals surface area contributed by atoms with E-state index in [-0.39, 0.29) is 0 Å². The number of anilines is 1. The van der Waals surface area contributed by atoms with Gasteiger partial charge in [-0.2, -0.15) is 5.10 Å². The Hall–Kier alpha value is -1.39. The van der Waals surface area contributed by atoms with Gasteiger partial charge in [0.05, 0.1) is 10.7 Å². The summed E-state index contributed by atoms with van der Waals surface area (Å²) in [7, 11) is 1.78. The van der Waals surface area contributed by atoms with E-state index < -0.39 is 0 Å². The Morgan fingerprint density at radius 3 is 2.72 bits per heavy atom. The molecule has 0 bridgehead atoms. The second-order valence-corrected chi connectivity index (χ2v) is 4.72. The number of nitrogens with two attached hydrogens (primary N) is 1. The van der Waals surface area contributed by atoms with Crippen molar-refractivity contribution < 1.29 is 4.74 Å². The zero-order valence-corrected chi connectivity index (χ0v) is 11.6. The summed E-state index contributed by atoms with van der Waals surface area (Å²) < 4.78 is 7.24. The summed E-state index contributed by atoms with van der Waals surface area (Å²) in [6.45, 7) is 2.19. The molecule has 0 aliphatic heterocycles. The number of aryl methyl sites for hydroxylation is 2. The summed E-state index contributed by atoms with van der Waals surface area (Å²) >= 11 is 12.1. The Balaban J connectivity index is 2.19. The number of hydrogen-bond acceptors (Lipinski definition) is 3. The predicted octanol–water partition coefficient (Wildman–Crippen LogP) is 3.20. The van der Waals surface area contributed by atoms with E-state index in [0.29, 0.717) is 28.2 Å². The fourth-order valence-corrected chi connectivity index (χ4v) is 2.02. The highest BCUT2D eigenvalue weighted by Crippen LogP contribution is 2.28. The minimum absolute atomic E-state index is 0.307. The van der Waals surface area contributed by atoms with Crippen LogP contribution in [0.2, 0.25) is 10.2 Å². The maximum atomic E-state index is 6.11. The molecule has 4 nitrogen and oxygen atoms in total. The van der Waals surface area contributed by atoms with Crippen LogP contribution in [0.3, 0.4) is 0 Å². The quantitative estimate of drug-likeness (QED) is 0.881. The van der Waals surface area contributed by atoms with E-state index >= 15 is 0 Å². The third-order valence-electron chi connectivity index (χ3n) is 2.60. The van der Waals surface area contributed by atoms with Gasteiger partial charge in [0.15, 0.2) is 0 Å². The molecule has 0 aliphatic carbocycles. The number of halogens is 2. The molecule has 0 atom stereocenters. The molecule has 18 heavy (non-hydrogen) atoms. The highest BCUT2D eigenvalue weighted by Gasteiger charge is 2.12. The smallest absolute Gasteiger partial charge is 0.140 e. The van der Waals surface area contributed by atoms with Crippen molar-refractivity contribution in [2.45, 2.75) is 13.5 Å². The Bertz CT molecular complexity index is 581. The zero-order chi connectivity index (χ0) is 13.3. The topological polar surface area (TPSA) is 53.1 Å². The minimum atomic E-state index is 0.307. The van der Waals surface area contributed by atoms with E-state index in [2.05, 4.69) is 5.10 Å². The molecule has 1 aromatic carbocycles. The molecule has 96 valence electrons. The molecule has 0 amide bonds. The van der Waals surface area contributed by atoms with Crippen LogP contribution in [0.25, 0.3) is 0 Å². The summed E-state index contributed by atoms with van der Waals surface area (Å²) in [6, 6.07) is 5.10. The van der Waals surface area contributed by atoms with Crippen molar-refractivity contribution in [2.24, 2.45) is 7.05 Å². The van der Waals surface area contributed by atoms with Gasteiger partial charge >= 0.3 is 0 Å². The number of hydrogen-bond donors (Lipinski definition) is 1. The third-order valence-corrected chi connectivity index (χ3v) is 3.38. The van der Waals surface area contributed by atoms with Gasteiger partial charge in [-0.1, -0.05) is 23.2 Å². The SMILES string of the molecule is Cc1nn(C)c(Cl)c1COc1cc(N)ccc1Cl. The van der Waals surface area contributed by atoms with Gasteiger partial charge in [0.1, 0.15) is 17.5 Å². The minimum Gasteiger partial charge on any atom is -0.487 e. The first-order chi connectivity index (χ1) is 8.49. The number of rotatable bonds is 3. The highest BCUT2D eigenvalue weighted by molar-refractivity contribution is 6.32. The molecule has 2 rings (SSSR count). The van der Waals surface area contributed by atoms with Gasteiger partial charge in [-0.3, -0.25) is 4.68 Å². The molecule has 0 unspecified atom stereocenters. The zero-order valence-electron chi connectivity index (χ0n) is 10.1. The molecular formula is C12H13Cl2N3O. The number of benzene rings is 1. The van der Waals surface area contributed by atoms with Crippen molar-refractivity contribution in [3.63, 3.8) is 0 Å². The molecule has 0 spiro atoms. The van der Waals surface area contributed by atoms with Crippen LogP contribution in [0.4, 0.5) is 5.69 Å². The average molecular weight is 286 g/mol. The first-order valence-electron chi connectivity index (χ1n) is 5.35. The van der Waals surface area contributed by atoms with Crippen molar-refractivity contribution >= 4 is 28.9 Å². The maximum Gasteiger partial charge on any atom is 0.140 e. The van der Waals surface area contributed by atoms with Gasteiger partial charge in [-0.15, -0.1) is 0 Å². The van der Waals surface area contributed by atoms with Crippen LogP contribution >= 0.6 is 23.2 Å². The maximum absolute atomic E-state index is 6.11. The summed E-state index contributed by atoms with van der Waals surface area (Å²) in [4.78, 5) is 0. The highest BCUT2D eigenvalue weighted by atomic mass is 35.5. The third kappa shape index (κ3) is 2.54. The molecule has 0 saturated carbocycles. The van der Waals surface area contributed by atoms with Gasteiger partial charge in [0.2, 0.25) is 0 Å². The Labute approximate surface area is 115 Å². The number of ether oxygens (including phenoxy) is 1. The van der Waals surface area contributed by atoms with Crippen molar-refractivity contribution in [2.75, 3.05) is 5.73 Å². The number of nitrogen functional groups attached to an aromatic ring is 1. The van der Waals surface area contributed by atoms with Crippen LogP contribution in [0, 0.1) is 6.92 Å². The van der Waals surface area contributed by atoms with Crippen LogP contribution in [-0.2, 0) is 13.7 Å². The van der Waals surface area contributed by atoms with E-state index in [1.807, 2.05) is 6.92 Å². The van der Waals surface area contributed by atoms with Crippen LogP contribution < -0.4 is 10.5 Å². The molecule has 2 aromatic rings. The molecule has 0 radical (unpaired) electrons. The molecule has 0 aliphatic rings.